The van der Waals surface area contributed by atoms with Crippen LogP contribution in [0, 0.1) is 11.6 Å². The van der Waals surface area contributed by atoms with Crippen molar-refractivity contribution in [2.45, 2.75) is 25.2 Å². The SMILES string of the molecule is CC1(c2ccc(F)c(F)c2)NC(=O)N(CC(=O)N(Cc2ccccc2)CC(F)(F)F)C1=O. The maximum absolute atomic E-state index is 13.6. The van der Waals surface area contributed by atoms with Gasteiger partial charge in [0.25, 0.3) is 5.91 Å². The van der Waals surface area contributed by atoms with Gasteiger partial charge in [0, 0.05) is 6.54 Å². The summed E-state index contributed by atoms with van der Waals surface area (Å²) in [6, 6.07) is 9.46. The molecule has 0 radical (unpaired) electrons. The zero-order chi connectivity index (χ0) is 23.7. The molecule has 32 heavy (non-hydrogen) atoms. The van der Waals surface area contributed by atoms with Gasteiger partial charge in [0.2, 0.25) is 5.91 Å². The van der Waals surface area contributed by atoms with Crippen molar-refractivity contribution in [1.29, 1.82) is 0 Å². The minimum atomic E-state index is -4.71. The topological polar surface area (TPSA) is 69.7 Å². The first-order valence-corrected chi connectivity index (χ1v) is 9.39. The Balaban J connectivity index is 1.81. The lowest BCUT2D eigenvalue weighted by atomic mass is 9.92. The molecular formula is C21H18F5N3O3. The molecule has 1 N–H and O–H groups in total. The van der Waals surface area contributed by atoms with Crippen molar-refractivity contribution in [3.8, 4) is 0 Å². The van der Waals surface area contributed by atoms with Crippen LogP contribution in [0.1, 0.15) is 18.1 Å². The Morgan fingerprint density at radius 1 is 1.06 bits per heavy atom. The molecule has 1 unspecified atom stereocenters. The van der Waals surface area contributed by atoms with Crippen LogP contribution < -0.4 is 5.32 Å². The Kier molecular flexibility index (Phi) is 6.20. The van der Waals surface area contributed by atoms with Crippen LogP contribution in [0.4, 0.5) is 26.7 Å². The van der Waals surface area contributed by atoms with E-state index < -0.39 is 54.3 Å². The van der Waals surface area contributed by atoms with Gasteiger partial charge in [0.05, 0.1) is 0 Å². The number of urea groups is 1. The number of alkyl halides is 3. The second-order valence-corrected chi connectivity index (χ2v) is 7.43. The van der Waals surface area contributed by atoms with Crippen molar-refractivity contribution < 1.29 is 36.3 Å². The summed E-state index contributed by atoms with van der Waals surface area (Å²) >= 11 is 0. The van der Waals surface area contributed by atoms with Gasteiger partial charge in [-0.1, -0.05) is 36.4 Å². The summed E-state index contributed by atoms with van der Waals surface area (Å²) in [6.45, 7) is -1.69. The van der Waals surface area contributed by atoms with Gasteiger partial charge < -0.3 is 10.2 Å². The van der Waals surface area contributed by atoms with Crippen molar-refractivity contribution in [2.24, 2.45) is 0 Å². The average Bonchev–Trinajstić information content (AvgIpc) is 2.93. The third-order valence-electron chi connectivity index (χ3n) is 5.00. The highest BCUT2D eigenvalue weighted by atomic mass is 19.4. The summed E-state index contributed by atoms with van der Waals surface area (Å²) in [6.07, 6.45) is -4.71. The van der Waals surface area contributed by atoms with E-state index >= 15 is 0 Å². The molecule has 0 saturated carbocycles. The van der Waals surface area contributed by atoms with E-state index in [-0.39, 0.29) is 12.1 Å². The molecule has 11 heteroatoms. The van der Waals surface area contributed by atoms with Gasteiger partial charge in [-0.15, -0.1) is 0 Å². The van der Waals surface area contributed by atoms with Gasteiger partial charge >= 0.3 is 12.2 Å². The average molecular weight is 455 g/mol. The predicted molar refractivity (Wildman–Crippen MR) is 102 cm³/mol. The lowest BCUT2D eigenvalue weighted by Gasteiger charge is -2.26. The lowest BCUT2D eigenvalue weighted by molar-refractivity contribution is -0.163. The third-order valence-corrected chi connectivity index (χ3v) is 5.00. The number of nitrogens with one attached hydrogen (secondary N) is 1. The van der Waals surface area contributed by atoms with Crippen molar-refractivity contribution >= 4 is 17.8 Å². The molecule has 1 heterocycles. The Morgan fingerprint density at radius 2 is 1.72 bits per heavy atom. The molecule has 0 spiro atoms. The van der Waals surface area contributed by atoms with Crippen LogP contribution in [0.5, 0.6) is 0 Å². The number of halogens is 5. The summed E-state index contributed by atoms with van der Waals surface area (Å²) in [5.41, 5.74) is -1.48. The van der Waals surface area contributed by atoms with E-state index in [0.717, 1.165) is 18.2 Å². The van der Waals surface area contributed by atoms with Gasteiger partial charge in [-0.25, -0.2) is 13.6 Å². The van der Waals surface area contributed by atoms with Crippen molar-refractivity contribution in [3.63, 3.8) is 0 Å². The normalized spacial score (nSPS) is 18.6. The molecule has 1 fully saturated rings. The van der Waals surface area contributed by atoms with Crippen molar-refractivity contribution in [1.82, 2.24) is 15.1 Å². The monoisotopic (exact) mass is 455 g/mol. The van der Waals surface area contributed by atoms with Crippen LogP contribution in [-0.4, -0.2) is 46.9 Å². The third kappa shape index (κ3) is 4.87. The highest BCUT2D eigenvalue weighted by Crippen LogP contribution is 2.30. The largest absolute Gasteiger partial charge is 0.406 e. The quantitative estimate of drug-likeness (QED) is 0.537. The van der Waals surface area contributed by atoms with Crippen LogP contribution >= 0.6 is 0 Å². The zero-order valence-corrected chi connectivity index (χ0v) is 16.7. The Hall–Kier alpha value is -3.50. The van der Waals surface area contributed by atoms with Crippen LogP contribution in [0.15, 0.2) is 48.5 Å². The Labute approximate surface area is 179 Å². The number of nitrogens with zero attached hydrogens (tertiary/aromatic N) is 2. The number of hydrogen-bond donors (Lipinski definition) is 1. The van der Waals surface area contributed by atoms with Gasteiger partial charge in [-0.05, 0) is 30.2 Å². The number of rotatable bonds is 6. The van der Waals surface area contributed by atoms with Crippen LogP contribution in [0.25, 0.3) is 0 Å². The molecule has 3 rings (SSSR count). The van der Waals surface area contributed by atoms with E-state index in [1.54, 1.807) is 18.2 Å². The summed E-state index contributed by atoms with van der Waals surface area (Å²) in [4.78, 5) is 38.8. The number of carbonyl (C=O) groups is 3. The summed E-state index contributed by atoms with van der Waals surface area (Å²) < 4.78 is 66.0. The summed E-state index contributed by atoms with van der Waals surface area (Å²) in [5, 5.41) is 2.29. The van der Waals surface area contributed by atoms with Crippen LogP contribution in [-0.2, 0) is 21.7 Å². The zero-order valence-electron chi connectivity index (χ0n) is 16.7. The number of hydrogen-bond acceptors (Lipinski definition) is 3. The van der Waals surface area contributed by atoms with Gasteiger partial charge in [-0.3, -0.25) is 14.5 Å². The predicted octanol–water partition coefficient (Wildman–Crippen LogP) is 3.32. The first-order valence-electron chi connectivity index (χ1n) is 9.39. The van der Waals surface area contributed by atoms with Crippen LogP contribution in [0.2, 0.25) is 0 Å². The van der Waals surface area contributed by atoms with Crippen molar-refractivity contribution in [2.75, 3.05) is 13.1 Å². The van der Waals surface area contributed by atoms with E-state index in [1.165, 1.54) is 19.1 Å². The van der Waals surface area contributed by atoms with Gasteiger partial charge in [-0.2, -0.15) is 13.2 Å². The molecule has 0 aliphatic carbocycles. The van der Waals surface area contributed by atoms with Gasteiger partial charge in [0.1, 0.15) is 18.6 Å². The fraction of sp³-hybridized carbons (Fsp3) is 0.286. The molecule has 1 saturated heterocycles. The molecular weight excluding hydrogens is 437 g/mol. The van der Waals surface area contributed by atoms with Crippen molar-refractivity contribution in [3.05, 3.63) is 71.3 Å². The second kappa shape index (κ2) is 8.56. The first-order chi connectivity index (χ1) is 14.9. The van der Waals surface area contributed by atoms with E-state index in [9.17, 15) is 36.3 Å². The van der Waals surface area contributed by atoms with E-state index in [2.05, 4.69) is 5.32 Å². The summed E-state index contributed by atoms with van der Waals surface area (Å²) in [5.74, 6) is -4.50. The van der Waals surface area contributed by atoms with Crippen LogP contribution in [0.3, 0.4) is 0 Å². The second-order valence-electron chi connectivity index (χ2n) is 7.43. The highest BCUT2D eigenvalue weighted by Gasteiger charge is 2.50. The number of carbonyl (C=O) groups excluding carboxylic acids is 3. The molecule has 4 amide bonds. The Bertz CT molecular complexity index is 1040. The molecule has 1 atom stereocenters. The molecule has 1 aliphatic rings. The molecule has 2 aromatic rings. The number of benzene rings is 2. The van der Waals surface area contributed by atoms with E-state index in [1.807, 2.05) is 0 Å². The molecule has 0 aromatic heterocycles. The molecule has 2 aromatic carbocycles. The molecule has 6 nitrogen and oxygen atoms in total. The Morgan fingerprint density at radius 3 is 2.31 bits per heavy atom. The van der Waals surface area contributed by atoms with E-state index in [4.69, 9.17) is 0 Å². The number of imide groups is 1. The maximum Gasteiger partial charge on any atom is 0.406 e. The highest BCUT2D eigenvalue weighted by molar-refractivity contribution is 6.09. The number of amides is 4. The minimum absolute atomic E-state index is 0.0823. The summed E-state index contributed by atoms with van der Waals surface area (Å²) in [7, 11) is 0. The lowest BCUT2D eigenvalue weighted by Crippen LogP contribution is -2.46. The van der Waals surface area contributed by atoms with Gasteiger partial charge in [0.15, 0.2) is 11.6 Å². The molecule has 170 valence electrons. The van der Waals surface area contributed by atoms with E-state index in [0.29, 0.717) is 15.4 Å². The fourth-order valence-corrected chi connectivity index (χ4v) is 3.33. The molecule has 0 bridgehead atoms. The fourth-order valence-electron chi connectivity index (χ4n) is 3.33. The smallest absolute Gasteiger partial charge is 0.328 e. The molecule has 1 aliphatic heterocycles. The standard InChI is InChI=1S/C21H18F5N3O3/c1-20(14-7-8-15(22)16(23)9-14)18(31)29(19(32)27-20)11-17(30)28(12-21(24,25)26)10-13-5-3-2-4-6-13/h2-9H,10-12H2,1H3,(H,27,32). The first kappa shape index (κ1) is 23.2. The minimum Gasteiger partial charge on any atom is -0.328 e. The maximum atomic E-state index is 13.6.